The molecule has 0 fully saturated rings. The summed E-state index contributed by atoms with van der Waals surface area (Å²) in [5.41, 5.74) is 1.94. The largest absolute Gasteiger partial charge is 0.297 e. The van der Waals surface area contributed by atoms with Crippen LogP contribution < -0.4 is 0 Å². The molecule has 2 rings (SSSR count). The maximum Gasteiger partial charge on any atom is 0.297 e. The van der Waals surface area contributed by atoms with Gasteiger partial charge in [-0.1, -0.05) is 41.3 Å². The van der Waals surface area contributed by atoms with Crippen LogP contribution in [-0.4, -0.2) is 28.0 Å². The highest BCUT2D eigenvalue weighted by Gasteiger charge is 2.13. The first-order valence-electron chi connectivity index (χ1n) is 7.00. The fourth-order valence-electron chi connectivity index (χ4n) is 1.59. The molecular formula is C17H18O6S2. The SMILES string of the molecule is C#CCOS(=O)(=O)c1ccc(C)cc1.Cc1ccc(S(=O)(=O)O)cc1. The summed E-state index contributed by atoms with van der Waals surface area (Å²) in [4.78, 5) is 0.0569. The quantitative estimate of drug-likeness (QED) is 0.496. The van der Waals surface area contributed by atoms with Gasteiger partial charge < -0.3 is 0 Å². The molecule has 0 heterocycles. The minimum Gasteiger partial charge on any atom is -0.282 e. The molecule has 0 saturated carbocycles. The van der Waals surface area contributed by atoms with Crippen molar-refractivity contribution in [3.63, 3.8) is 0 Å². The number of aryl methyl sites for hydroxylation is 2. The van der Waals surface area contributed by atoms with E-state index in [1.807, 2.05) is 13.8 Å². The van der Waals surface area contributed by atoms with Gasteiger partial charge in [0.05, 0.1) is 9.79 Å². The molecule has 0 atom stereocenters. The van der Waals surface area contributed by atoms with E-state index >= 15 is 0 Å². The molecule has 1 N–H and O–H groups in total. The second kappa shape index (κ2) is 8.78. The predicted molar refractivity (Wildman–Crippen MR) is 94.1 cm³/mol. The second-order valence-corrected chi connectivity index (χ2v) is 8.06. The molecular weight excluding hydrogens is 364 g/mol. The molecule has 0 amide bonds. The van der Waals surface area contributed by atoms with E-state index in [2.05, 4.69) is 10.1 Å². The molecule has 0 aromatic heterocycles. The van der Waals surface area contributed by atoms with Gasteiger partial charge in [-0.2, -0.15) is 16.8 Å². The van der Waals surface area contributed by atoms with E-state index in [1.165, 1.54) is 24.3 Å². The Bertz CT molecular complexity index is 936. The van der Waals surface area contributed by atoms with Crippen molar-refractivity contribution in [2.24, 2.45) is 0 Å². The maximum atomic E-state index is 11.4. The van der Waals surface area contributed by atoms with E-state index < -0.39 is 20.2 Å². The fourth-order valence-corrected chi connectivity index (χ4v) is 2.90. The third-order valence-corrected chi connectivity index (χ3v) is 5.07. The lowest BCUT2D eigenvalue weighted by atomic mass is 10.2. The fraction of sp³-hybridized carbons (Fsp3) is 0.176. The van der Waals surface area contributed by atoms with E-state index in [4.69, 9.17) is 11.0 Å². The van der Waals surface area contributed by atoms with Crippen molar-refractivity contribution >= 4 is 20.2 Å². The summed E-state index contributed by atoms with van der Waals surface area (Å²) in [7, 11) is -7.70. The monoisotopic (exact) mass is 382 g/mol. The zero-order valence-corrected chi connectivity index (χ0v) is 15.3. The molecule has 2 aromatic rings. The van der Waals surface area contributed by atoms with E-state index in [-0.39, 0.29) is 16.4 Å². The predicted octanol–water partition coefficient (Wildman–Crippen LogP) is 2.58. The topological polar surface area (TPSA) is 97.7 Å². The Labute approximate surface area is 148 Å². The maximum absolute atomic E-state index is 11.4. The minimum absolute atomic E-state index is 0.0666. The number of terminal acetylenes is 1. The molecule has 0 aliphatic carbocycles. The van der Waals surface area contributed by atoms with Crippen LogP contribution >= 0.6 is 0 Å². The number of benzene rings is 2. The third kappa shape index (κ3) is 7.07. The van der Waals surface area contributed by atoms with Gasteiger partial charge in [0, 0.05) is 0 Å². The van der Waals surface area contributed by atoms with Gasteiger partial charge >= 0.3 is 0 Å². The van der Waals surface area contributed by atoms with Gasteiger partial charge in [0.15, 0.2) is 0 Å². The van der Waals surface area contributed by atoms with E-state index in [9.17, 15) is 16.8 Å². The molecule has 0 bridgehead atoms. The Morgan fingerprint density at radius 1 is 0.880 bits per heavy atom. The first kappa shape index (κ1) is 20.9. The summed E-state index contributed by atoms with van der Waals surface area (Å²) >= 11 is 0. The van der Waals surface area contributed by atoms with Crippen LogP contribution in [-0.2, 0) is 24.4 Å². The molecule has 0 saturated heterocycles. The van der Waals surface area contributed by atoms with Gasteiger partial charge in [-0.05, 0) is 38.1 Å². The molecule has 0 aliphatic heterocycles. The normalized spacial score (nSPS) is 11.1. The summed E-state index contributed by atoms with van der Waals surface area (Å²) in [6.45, 7) is 3.47. The first-order chi connectivity index (χ1) is 11.6. The van der Waals surface area contributed by atoms with Crippen molar-refractivity contribution in [2.75, 3.05) is 6.61 Å². The van der Waals surface area contributed by atoms with E-state index in [1.54, 1.807) is 24.3 Å². The van der Waals surface area contributed by atoms with Gasteiger partial charge in [-0.3, -0.25) is 8.74 Å². The molecule has 0 spiro atoms. The van der Waals surface area contributed by atoms with Gasteiger partial charge in [0.25, 0.3) is 20.2 Å². The Morgan fingerprint density at radius 3 is 1.64 bits per heavy atom. The summed E-state index contributed by atoms with van der Waals surface area (Å²) in [6, 6.07) is 12.4. The highest BCUT2D eigenvalue weighted by atomic mass is 32.2. The zero-order chi connectivity index (χ0) is 19.1. The second-order valence-electron chi connectivity index (χ2n) is 5.02. The van der Waals surface area contributed by atoms with Crippen LogP contribution in [0.1, 0.15) is 11.1 Å². The lowest BCUT2D eigenvalue weighted by Crippen LogP contribution is -2.06. The molecule has 0 aliphatic rings. The standard InChI is InChI=1S/C10H10O3S.C7H8O3S/c1-3-8-13-14(11,12)10-6-4-9(2)5-7-10;1-6-2-4-7(5-3-6)11(8,9)10/h1,4-7H,8H2,2H3;2-5H,1H3,(H,8,9,10). The highest BCUT2D eigenvalue weighted by Crippen LogP contribution is 2.12. The van der Waals surface area contributed by atoms with Crippen molar-refractivity contribution in [1.82, 2.24) is 0 Å². The zero-order valence-electron chi connectivity index (χ0n) is 13.7. The van der Waals surface area contributed by atoms with Crippen LogP contribution in [0.4, 0.5) is 0 Å². The molecule has 2 aromatic carbocycles. The summed E-state index contributed by atoms with van der Waals surface area (Å²) in [5, 5.41) is 0. The van der Waals surface area contributed by atoms with Gasteiger partial charge in [0.2, 0.25) is 0 Å². The molecule has 134 valence electrons. The molecule has 6 nitrogen and oxygen atoms in total. The highest BCUT2D eigenvalue weighted by molar-refractivity contribution is 7.86. The van der Waals surface area contributed by atoms with Crippen LogP contribution in [0.15, 0.2) is 58.3 Å². The molecule has 25 heavy (non-hydrogen) atoms. The Balaban J connectivity index is 0.000000257. The Kier molecular flexibility index (Phi) is 7.33. The average Bonchev–Trinajstić information content (AvgIpc) is 2.53. The molecule has 0 unspecified atom stereocenters. The van der Waals surface area contributed by atoms with E-state index in [0.29, 0.717) is 0 Å². The summed E-state index contributed by atoms with van der Waals surface area (Å²) < 4.78 is 56.9. The summed E-state index contributed by atoms with van der Waals surface area (Å²) in [5.74, 6) is 2.10. The van der Waals surface area contributed by atoms with Crippen molar-refractivity contribution in [3.05, 3.63) is 59.7 Å². The first-order valence-corrected chi connectivity index (χ1v) is 9.85. The summed E-state index contributed by atoms with van der Waals surface area (Å²) in [6.07, 6.45) is 4.90. The van der Waals surface area contributed by atoms with E-state index in [0.717, 1.165) is 11.1 Å². The van der Waals surface area contributed by atoms with Crippen LogP contribution in [0.3, 0.4) is 0 Å². The van der Waals surface area contributed by atoms with Crippen molar-refractivity contribution in [2.45, 2.75) is 23.6 Å². The Morgan fingerprint density at radius 2 is 1.28 bits per heavy atom. The molecule has 8 heteroatoms. The molecule has 0 radical (unpaired) electrons. The van der Waals surface area contributed by atoms with Crippen LogP contribution in [0.2, 0.25) is 0 Å². The van der Waals surface area contributed by atoms with Crippen LogP contribution in [0.25, 0.3) is 0 Å². The number of hydrogen-bond donors (Lipinski definition) is 1. The lowest BCUT2D eigenvalue weighted by Gasteiger charge is -2.02. The Hall–Kier alpha value is -2.18. The van der Waals surface area contributed by atoms with Crippen molar-refractivity contribution in [3.8, 4) is 12.3 Å². The van der Waals surface area contributed by atoms with Crippen molar-refractivity contribution in [1.29, 1.82) is 0 Å². The van der Waals surface area contributed by atoms with Crippen molar-refractivity contribution < 1.29 is 25.6 Å². The number of hydrogen-bond acceptors (Lipinski definition) is 5. The van der Waals surface area contributed by atoms with Crippen LogP contribution in [0.5, 0.6) is 0 Å². The smallest absolute Gasteiger partial charge is 0.282 e. The third-order valence-electron chi connectivity index (χ3n) is 2.93. The van der Waals surface area contributed by atoms with Crippen LogP contribution in [0, 0.1) is 26.2 Å². The van der Waals surface area contributed by atoms with Gasteiger partial charge in [0.1, 0.15) is 6.61 Å². The minimum atomic E-state index is -4.02. The average molecular weight is 382 g/mol. The van der Waals surface area contributed by atoms with Gasteiger partial charge in [-0.15, -0.1) is 6.42 Å². The lowest BCUT2D eigenvalue weighted by molar-refractivity contribution is 0.363. The number of rotatable bonds is 4. The van der Waals surface area contributed by atoms with Gasteiger partial charge in [-0.25, -0.2) is 0 Å².